The van der Waals surface area contributed by atoms with Crippen LogP contribution in [0.4, 0.5) is 0 Å². The fourth-order valence-electron chi connectivity index (χ4n) is 4.20. The molecule has 6 nitrogen and oxygen atoms in total. The van der Waals surface area contributed by atoms with Crippen LogP contribution >= 0.6 is 24.0 Å². The molecule has 27 heavy (non-hydrogen) atoms. The SMILES string of the molecule is CCNC(=NCCCN1CC(C)CC(C)C1)N1CCS(=O)(=O)C(C)(C)C1.I. The van der Waals surface area contributed by atoms with Crippen LogP contribution in [0.1, 0.15) is 47.5 Å². The van der Waals surface area contributed by atoms with E-state index in [1.54, 1.807) is 0 Å². The average molecular weight is 515 g/mol. The van der Waals surface area contributed by atoms with Gasteiger partial charge in [-0.15, -0.1) is 24.0 Å². The van der Waals surface area contributed by atoms with Crippen LogP contribution < -0.4 is 5.32 Å². The lowest BCUT2D eigenvalue weighted by Gasteiger charge is -2.39. The van der Waals surface area contributed by atoms with Crippen molar-refractivity contribution in [2.45, 2.75) is 52.2 Å². The summed E-state index contributed by atoms with van der Waals surface area (Å²) < 4.78 is 23.7. The van der Waals surface area contributed by atoms with Gasteiger partial charge in [0.05, 0.1) is 10.5 Å². The number of aliphatic imine (C=N–C) groups is 1. The molecule has 2 aliphatic rings. The van der Waals surface area contributed by atoms with E-state index in [1.165, 1.54) is 19.5 Å². The van der Waals surface area contributed by atoms with Gasteiger partial charge in [0.25, 0.3) is 0 Å². The van der Waals surface area contributed by atoms with Crippen molar-refractivity contribution in [3.05, 3.63) is 0 Å². The van der Waals surface area contributed by atoms with Crippen molar-refractivity contribution in [1.29, 1.82) is 0 Å². The van der Waals surface area contributed by atoms with E-state index >= 15 is 0 Å². The van der Waals surface area contributed by atoms with Gasteiger partial charge < -0.3 is 15.1 Å². The standard InChI is InChI=1S/C19H38N4O2S.HI/c1-6-20-18(23-10-11-26(24,25)19(4,5)15-23)21-8-7-9-22-13-16(2)12-17(3)14-22;/h16-17H,6-15H2,1-5H3,(H,20,21);1H. The molecule has 2 saturated heterocycles. The number of hydrogen-bond acceptors (Lipinski definition) is 4. The second kappa shape index (κ2) is 10.6. The summed E-state index contributed by atoms with van der Waals surface area (Å²) in [6.45, 7) is 16.5. The molecule has 0 bridgehead atoms. The van der Waals surface area contributed by atoms with Crippen molar-refractivity contribution < 1.29 is 8.42 Å². The van der Waals surface area contributed by atoms with Gasteiger partial charge >= 0.3 is 0 Å². The third-order valence-corrected chi connectivity index (χ3v) is 8.05. The van der Waals surface area contributed by atoms with E-state index < -0.39 is 14.6 Å². The molecule has 2 heterocycles. The normalized spacial score (nSPS) is 28.5. The van der Waals surface area contributed by atoms with Gasteiger partial charge in [-0.3, -0.25) is 4.99 Å². The van der Waals surface area contributed by atoms with Crippen LogP contribution in [0.25, 0.3) is 0 Å². The minimum atomic E-state index is -3.02. The molecule has 8 heteroatoms. The van der Waals surface area contributed by atoms with Crippen molar-refractivity contribution >= 4 is 39.8 Å². The lowest BCUT2D eigenvalue weighted by molar-refractivity contribution is 0.140. The lowest BCUT2D eigenvalue weighted by atomic mass is 9.92. The Labute approximate surface area is 183 Å². The van der Waals surface area contributed by atoms with E-state index in [4.69, 9.17) is 4.99 Å². The van der Waals surface area contributed by atoms with Crippen molar-refractivity contribution in [3.63, 3.8) is 0 Å². The molecule has 0 aromatic carbocycles. The topological polar surface area (TPSA) is 65.0 Å². The summed E-state index contributed by atoms with van der Waals surface area (Å²) in [5.41, 5.74) is 0. The number of rotatable bonds is 5. The number of likely N-dealkylation sites (tertiary alicyclic amines) is 1. The molecule has 0 aromatic heterocycles. The van der Waals surface area contributed by atoms with Crippen molar-refractivity contribution in [1.82, 2.24) is 15.1 Å². The van der Waals surface area contributed by atoms with E-state index in [0.717, 1.165) is 43.9 Å². The number of piperidine rings is 1. The Kier molecular flexibility index (Phi) is 9.81. The largest absolute Gasteiger partial charge is 0.357 e. The van der Waals surface area contributed by atoms with Gasteiger partial charge in [-0.05, 0) is 52.0 Å². The van der Waals surface area contributed by atoms with Gasteiger partial charge in [0.1, 0.15) is 0 Å². The molecule has 0 aliphatic carbocycles. The molecule has 2 atom stereocenters. The number of nitrogens with zero attached hydrogens (tertiary/aromatic N) is 3. The zero-order chi connectivity index (χ0) is 19.4. The summed E-state index contributed by atoms with van der Waals surface area (Å²) in [5, 5.41) is 3.34. The van der Waals surface area contributed by atoms with Crippen LogP contribution in [0, 0.1) is 11.8 Å². The zero-order valence-electron chi connectivity index (χ0n) is 17.7. The van der Waals surface area contributed by atoms with Gasteiger partial charge in [0.15, 0.2) is 15.8 Å². The van der Waals surface area contributed by atoms with Gasteiger partial charge in [0, 0.05) is 39.3 Å². The highest BCUT2D eigenvalue weighted by atomic mass is 127. The first-order valence-corrected chi connectivity index (χ1v) is 11.8. The minimum Gasteiger partial charge on any atom is -0.357 e. The second-order valence-corrected chi connectivity index (χ2v) is 11.5. The smallest absolute Gasteiger partial charge is 0.193 e. The summed E-state index contributed by atoms with van der Waals surface area (Å²) in [7, 11) is -3.02. The van der Waals surface area contributed by atoms with Gasteiger partial charge in [-0.1, -0.05) is 13.8 Å². The highest BCUT2D eigenvalue weighted by molar-refractivity contribution is 14.0. The molecule has 1 N–H and O–H groups in total. The number of nitrogens with one attached hydrogen (secondary N) is 1. The van der Waals surface area contributed by atoms with E-state index in [9.17, 15) is 8.42 Å². The first-order chi connectivity index (χ1) is 12.1. The molecule has 2 aliphatic heterocycles. The molecule has 0 saturated carbocycles. The van der Waals surface area contributed by atoms with Crippen LogP contribution in [0.3, 0.4) is 0 Å². The first kappa shape index (κ1) is 24.9. The summed E-state index contributed by atoms with van der Waals surface area (Å²) in [4.78, 5) is 9.46. The fourth-order valence-corrected chi connectivity index (χ4v) is 5.57. The van der Waals surface area contributed by atoms with E-state index in [1.807, 2.05) is 13.8 Å². The van der Waals surface area contributed by atoms with Gasteiger partial charge in [-0.2, -0.15) is 0 Å². The molecule has 0 spiro atoms. The Morgan fingerprint density at radius 2 is 1.85 bits per heavy atom. The van der Waals surface area contributed by atoms with E-state index in [-0.39, 0.29) is 29.7 Å². The van der Waals surface area contributed by atoms with Crippen LogP contribution in [0.15, 0.2) is 4.99 Å². The molecule has 2 fully saturated rings. The maximum atomic E-state index is 12.2. The predicted octanol–water partition coefficient (Wildman–Crippen LogP) is 2.45. The summed E-state index contributed by atoms with van der Waals surface area (Å²) in [6, 6.07) is 0. The van der Waals surface area contributed by atoms with Crippen LogP contribution in [0.5, 0.6) is 0 Å². The van der Waals surface area contributed by atoms with Crippen LogP contribution in [-0.2, 0) is 9.84 Å². The molecule has 2 rings (SSSR count). The monoisotopic (exact) mass is 514 g/mol. The number of guanidine groups is 1. The summed E-state index contributed by atoms with van der Waals surface area (Å²) in [5.74, 6) is 2.64. The molecule has 0 radical (unpaired) electrons. The maximum Gasteiger partial charge on any atom is 0.193 e. The van der Waals surface area contributed by atoms with Gasteiger partial charge in [0.2, 0.25) is 0 Å². The van der Waals surface area contributed by atoms with Crippen LogP contribution in [-0.4, -0.2) is 80.5 Å². The van der Waals surface area contributed by atoms with Gasteiger partial charge in [-0.25, -0.2) is 8.42 Å². The number of sulfone groups is 1. The van der Waals surface area contributed by atoms with Crippen LogP contribution in [0.2, 0.25) is 0 Å². The lowest BCUT2D eigenvalue weighted by Crippen LogP contribution is -2.57. The maximum absolute atomic E-state index is 12.2. The third-order valence-electron chi connectivity index (χ3n) is 5.52. The quantitative estimate of drug-likeness (QED) is 0.264. The third kappa shape index (κ3) is 7.03. The average Bonchev–Trinajstić information content (AvgIpc) is 2.52. The summed E-state index contributed by atoms with van der Waals surface area (Å²) in [6.07, 6.45) is 2.39. The van der Waals surface area contributed by atoms with E-state index in [0.29, 0.717) is 13.1 Å². The Morgan fingerprint density at radius 1 is 1.22 bits per heavy atom. The first-order valence-electron chi connectivity index (χ1n) is 10.1. The van der Waals surface area contributed by atoms with Crippen molar-refractivity contribution in [2.75, 3.05) is 51.6 Å². The number of hydrogen-bond donors (Lipinski definition) is 1. The Balaban J connectivity index is 0.00000364. The summed E-state index contributed by atoms with van der Waals surface area (Å²) >= 11 is 0. The minimum absolute atomic E-state index is 0. The second-order valence-electron chi connectivity index (χ2n) is 8.79. The van der Waals surface area contributed by atoms with Crippen molar-refractivity contribution in [3.8, 4) is 0 Å². The Bertz CT molecular complexity index is 585. The highest BCUT2D eigenvalue weighted by Gasteiger charge is 2.40. The Hall–Kier alpha value is -0.0900. The van der Waals surface area contributed by atoms with Crippen molar-refractivity contribution in [2.24, 2.45) is 16.8 Å². The highest BCUT2D eigenvalue weighted by Crippen LogP contribution is 2.24. The molecular weight excluding hydrogens is 475 g/mol. The predicted molar refractivity (Wildman–Crippen MR) is 125 cm³/mol. The molecule has 0 amide bonds. The number of halogens is 1. The van der Waals surface area contributed by atoms with E-state index in [2.05, 4.69) is 35.9 Å². The Morgan fingerprint density at radius 3 is 2.41 bits per heavy atom. The fraction of sp³-hybridized carbons (Fsp3) is 0.947. The molecule has 160 valence electrons. The molecule has 0 aromatic rings. The molecular formula is C19H39IN4O2S. The zero-order valence-corrected chi connectivity index (χ0v) is 20.8. The molecule has 2 unspecified atom stereocenters.